The Morgan fingerprint density at radius 1 is 1.30 bits per heavy atom. The third-order valence-electron chi connectivity index (χ3n) is 7.74. The van der Waals surface area contributed by atoms with Gasteiger partial charge in [-0.3, -0.25) is 4.79 Å². The van der Waals surface area contributed by atoms with Gasteiger partial charge in [-0.1, -0.05) is 32.9 Å². The van der Waals surface area contributed by atoms with Gasteiger partial charge in [-0.25, -0.2) is 0 Å². The van der Waals surface area contributed by atoms with E-state index in [1.165, 1.54) is 12.0 Å². The highest BCUT2D eigenvalue weighted by molar-refractivity contribution is 5.87. The number of aliphatic hydroxyl groups is 1. The van der Waals surface area contributed by atoms with E-state index in [2.05, 4.69) is 27.4 Å². The summed E-state index contributed by atoms with van der Waals surface area (Å²) in [6.45, 7) is 11.1. The fraction of sp³-hybridized carbons (Fsp3) is 0.857. The molecule has 2 heteroatoms. The molecule has 0 bridgehead atoms. The van der Waals surface area contributed by atoms with Crippen LogP contribution in [0, 0.1) is 28.6 Å². The average Bonchev–Trinajstić information content (AvgIpc) is 2.80. The van der Waals surface area contributed by atoms with Crippen LogP contribution in [0.2, 0.25) is 0 Å². The van der Waals surface area contributed by atoms with Crippen molar-refractivity contribution < 1.29 is 9.90 Å². The summed E-state index contributed by atoms with van der Waals surface area (Å²) in [5.41, 5.74) is 1.59. The van der Waals surface area contributed by atoms with Crippen molar-refractivity contribution in [1.82, 2.24) is 0 Å². The van der Waals surface area contributed by atoms with E-state index in [0.717, 1.165) is 51.4 Å². The van der Waals surface area contributed by atoms with E-state index in [4.69, 9.17) is 0 Å². The Hall–Kier alpha value is -0.630. The third kappa shape index (κ3) is 2.81. The van der Waals surface area contributed by atoms with Crippen molar-refractivity contribution in [3.05, 3.63) is 12.2 Å². The molecule has 0 aliphatic heterocycles. The lowest BCUT2D eigenvalue weighted by atomic mass is 9.49. The largest absolute Gasteiger partial charge is 0.393 e. The molecular formula is C21H34O2. The predicted molar refractivity (Wildman–Crippen MR) is 94.1 cm³/mol. The summed E-state index contributed by atoms with van der Waals surface area (Å²) in [4.78, 5) is 12.4. The standard InChI is InChI=1S/C21H34O2/c1-5-15(22)8-10-20(3)13-14(2)12-16-17(20)9-11-21(4)18(16)6-7-19(21)23/h15-18,22H,2,5-13H2,1,3-4H3. The van der Waals surface area contributed by atoms with Crippen LogP contribution in [0.5, 0.6) is 0 Å². The third-order valence-corrected chi connectivity index (χ3v) is 7.74. The van der Waals surface area contributed by atoms with Gasteiger partial charge in [0.1, 0.15) is 5.78 Å². The molecule has 0 spiro atoms. The van der Waals surface area contributed by atoms with Gasteiger partial charge < -0.3 is 5.11 Å². The minimum Gasteiger partial charge on any atom is -0.393 e. The summed E-state index contributed by atoms with van der Waals surface area (Å²) >= 11 is 0. The van der Waals surface area contributed by atoms with E-state index >= 15 is 0 Å². The highest BCUT2D eigenvalue weighted by Crippen LogP contribution is 2.63. The first-order valence-electron chi connectivity index (χ1n) is 9.68. The molecule has 6 atom stereocenters. The van der Waals surface area contributed by atoms with E-state index in [0.29, 0.717) is 23.5 Å². The Bertz CT molecular complexity index is 496. The number of ketones is 1. The molecule has 3 aliphatic rings. The fourth-order valence-corrected chi connectivity index (χ4v) is 6.29. The highest BCUT2D eigenvalue weighted by Gasteiger charge is 2.57. The van der Waals surface area contributed by atoms with Crippen molar-refractivity contribution in [3.8, 4) is 0 Å². The zero-order valence-corrected chi connectivity index (χ0v) is 15.2. The number of allylic oxidation sites excluding steroid dienone is 1. The van der Waals surface area contributed by atoms with Gasteiger partial charge in [-0.15, -0.1) is 0 Å². The molecule has 1 N–H and O–H groups in total. The molecule has 3 rings (SSSR count). The molecule has 0 radical (unpaired) electrons. The van der Waals surface area contributed by atoms with Gasteiger partial charge in [-0.05, 0) is 74.5 Å². The molecule has 3 saturated carbocycles. The van der Waals surface area contributed by atoms with Gasteiger partial charge >= 0.3 is 0 Å². The van der Waals surface area contributed by atoms with Crippen LogP contribution in [0.15, 0.2) is 12.2 Å². The number of aliphatic hydroxyl groups excluding tert-OH is 1. The van der Waals surface area contributed by atoms with E-state index in [1.807, 2.05) is 0 Å². The number of fused-ring (bicyclic) bond motifs is 3. The van der Waals surface area contributed by atoms with Gasteiger partial charge in [0, 0.05) is 11.8 Å². The van der Waals surface area contributed by atoms with Crippen molar-refractivity contribution in [2.24, 2.45) is 28.6 Å². The molecule has 3 fully saturated rings. The first-order valence-corrected chi connectivity index (χ1v) is 9.68. The summed E-state index contributed by atoms with van der Waals surface area (Å²) in [7, 11) is 0. The number of carbonyl (C=O) groups excluding carboxylic acids is 1. The Morgan fingerprint density at radius 3 is 2.74 bits per heavy atom. The van der Waals surface area contributed by atoms with Crippen LogP contribution in [0.25, 0.3) is 0 Å². The van der Waals surface area contributed by atoms with Crippen LogP contribution in [-0.4, -0.2) is 17.0 Å². The smallest absolute Gasteiger partial charge is 0.139 e. The Balaban J connectivity index is 1.82. The molecule has 0 heterocycles. The second-order valence-corrected chi connectivity index (χ2v) is 9.18. The van der Waals surface area contributed by atoms with Gasteiger partial charge in [0.2, 0.25) is 0 Å². The summed E-state index contributed by atoms with van der Waals surface area (Å²) in [6, 6.07) is 0. The second-order valence-electron chi connectivity index (χ2n) is 9.18. The molecule has 0 saturated heterocycles. The van der Waals surface area contributed by atoms with E-state index in [-0.39, 0.29) is 16.9 Å². The maximum Gasteiger partial charge on any atom is 0.139 e. The monoisotopic (exact) mass is 318 g/mol. The molecule has 0 aromatic heterocycles. The predicted octanol–water partition coefficient (Wildman–Crippen LogP) is 4.91. The van der Waals surface area contributed by atoms with E-state index in [1.54, 1.807) is 0 Å². The number of carbonyl (C=O) groups is 1. The summed E-state index contributed by atoms with van der Waals surface area (Å²) in [5, 5.41) is 10.0. The van der Waals surface area contributed by atoms with Crippen molar-refractivity contribution >= 4 is 5.78 Å². The minimum absolute atomic E-state index is 0.0529. The average molecular weight is 319 g/mol. The SMILES string of the molecule is C=C1CC2C(CCC3(C)C(=O)CCC23)C(C)(CCC(O)CC)C1. The lowest BCUT2D eigenvalue weighted by Gasteiger charge is -2.55. The van der Waals surface area contributed by atoms with Gasteiger partial charge in [-0.2, -0.15) is 0 Å². The van der Waals surface area contributed by atoms with E-state index < -0.39 is 0 Å². The summed E-state index contributed by atoms with van der Waals surface area (Å²) in [6.07, 6.45) is 9.09. The summed E-state index contributed by atoms with van der Waals surface area (Å²) in [5.74, 6) is 2.44. The molecule has 2 nitrogen and oxygen atoms in total. The fourth-order valence-electron chi connectivity index (χ4n) is 6.29. The van der Waals surface area contributed by atoms with Crippen molar-refractivity contribution in [1.29, 1.82) is 0 Å². The highest BCUT2D eigenvalue weighted by atomic mass is 16.3. The quantitative estimate of drug-likeness (QED) is 0.748. The van der Waals surface area contributed by atoms with Crippen LogP contribution in [0.4, 0.5) is 0 Å². The molecule has 0 amide bonds. The van der Waals surface area contributed by atoms with Gasteiger partial charge in [0.05, 0.1) is 6.10 Å². The second kappa shape index (κ2) is 6.02. The molecule has 6 unspecified atom stereocenters. The number of hydrogen-bond acceptors (Lipinski definition) is 2. The first kappa shape index (κ1) is 17.2. The lowest BCUT2D eigenvalue weighted by molar-refractivity contribution is -0.132. The van der Waals surface area contributed by atoms with Gasteiger partial charge in [0.15, 0.2) is 0 Å². The molecule has 0 aromatic rings. The molecule has 130 valence electrons. The Kier molecular flexibility index (Phi) is 4.50. The van der Waals surface area contributed by atoms with E-state index in [9.17, 15) is 9.90 Å². The normalized spacial score (nSPS) is 44.8. The van der Waals surface area contributed by atoms with Crippen molar-refractivity contribution in [2.45, 2.75) is 84.7 Å². The maximum absolute atomic E-state index is 12.4. The van der Waals surface area contributed by atoms with Gasteiger partial charge in [0.25, 0.3) is 0 Å². The van der Waals surface area contributed by atoms with Crippen molar-refractivity contribution in [2.75, 3.05) is 0 Å². The van der Waals surface area contributed by atoms with Crippen LogP contribution < -0.4 is 0 Å². The van der Waals surface area contributed by atoms with Crippen LogP contribution in [0.1, 0.15) is 78.6 Å². The Morgan fingerprint density at radius 2 is 2.04 bits per heavy atom. The molecular weight excluding hydrogens is 284 g/mol. The zero-order chi connectivity index (χ0) is 16.8. The lowest BCUT2D eigenvalue weighted by Crippen LogP contribution is -2.49. The molecule has 3 aliphatic carbocycles. The van der Waals surface area contributed by atoms with Crippen LogP contribution in [-0.2, 0) is 4.79 Å². The number of hydrogen-bond donors (Lipinski definition) is 1. The van der Waals surface area contributed by atoms with Crippen molar-refractivity contribution in [3.63, 3.8) is 0 Å². The summed E-state index contributed by atoms with van der Waals surface area (Å²) < 4.78 is 0. The number of Topliss-reactive ketones (excluding diaryl/α,β-unsaturated/α-hetero) is 1. The minimum atomic E-state index is -0.164. The first-order chi connectivity index (χ1) is 10.8. The molecule has 23 heavy (non-hydrogen) atoms. The Labute approximate surface area is 141 Å². The zero-order valence-electron chi connectivity index (χ0n) is 15.2. The maximum atomic E-state index is 12.4. The van der Waals surface area contributed by atoms with Crippen LogP contribution >= 0.6 is 0 Å². The molecule has 0 aromatic carbocycles. The topological polar surface area (TPSA) is 37.3 Å². The van der Waals surface area contributed by atoms with Crippen LogP contribution in [0.3, 0.4) is 0 Å². The number of rotatable bonds is 4.